The first-order valence-corrected chi connectivity index (χ1v) is 10.9. The predicted molar refractivity (Wildman–Crippen MR) is 123 cm³/mol. The molecule has 10 heteroatoms. The van der Waals surface area contributed by atoms with E-state index in [9.17, 15) is 18.0 Å². The molecule has 2 heterocycles. The molecule has 4 rings (SSSR count). The first kappa shape index (κ1) is 23.8. The average Bonchev–Trinajstić information content (AvgIpc) is 3.26. The molecule has 0 radical (unpaired) electrons. The van der Waals surface area contributed by atoms with Gasteiger partial charge >= 0.3 is 6.36 Å². The molecule has 1 aliphatic rings. The van der Waals surface area contributed by atoms with E-state index in [-0.39, 0.29) is 11.7 Å². The minimum absolute atomic E-state index is 0.244. The van der Waals surface area contributed by atoms with Gasteiger partial charge in [-0.05, 0) is 59.7 Å². The van der Waals surface area contributed by atoms with E-state index in [0.717, 1.165) is 29.9 Å². The zero-order valence-electron chi connectivity index (χ0n) is 18.1. The van der Waals surface area contributed by atoms with Crippen LogP contribution in [0.3, 0.4) is 0 Å². The van der Waals surface area contributed by atoms with Crippen LogP contribution in [-0.4, -0.2) is 41.9 Å². The minimum Gasteiger partial charge on any atom is -0.406 e. The van der Waals surface area contributed by atoms with Crippen LogP contribution in [0.25, 0.3) is 0 Å². The second-order valence-electron chi connectivity index (χ2n) is 7.86. The predicted octanol–water partition coefficient (Wildman–Crippen LogP) is 4.84. The van der Waals surface area contributed by atoms with Crippen molar-refractivity contribution in [3.05, 3.63) is 88.7 Å². The molecule has 1 fully saturated rings. The number of nitrogens with one attached hydrogen (secondary N) is 1. The molecule has 0 unspecified atom stereocenters. The second-order valence-corrected chi connectivity index (χ2v) is 8.29. The Balaban J connectivity index is 1.31. The summed E-state index contributed by atoms with van der Waals surface area (Å²) in [6.45, 7) is 3.11. The standard InChI is InChI=1S/C24H22ClF3N4O2/c25-19-3-1-17(2-4-19)14-30-23(33)22-13-18(9-10-29-22)15-31-11-12-32(16-31)20-5-7-21(8-6-20)34-24(26,27)28/h1-10,13H,11-12,14-16H2,(H,30,33). The molecular weight excluding hydrogens is 469 g/mol. The van der Waals surface area contributed by atoms with Crippen molar-refractivity contribution >= 4 is 23.2 Å². The monoisotopic (exact) mass is 490 g/mol. The lowest BCUT2D eigenvalue weighted by Gasteiger charge is -2.20. The first-order valence-electron chi connectivity index (χ1n) is 10.6. The Morgan fingerprint density at radius 2 is 1.76 bits per heavy atom. The van der Waals surface area contributed by atoms with Crippen LogP contribution in [-0.2, 0) is 13.1 Å². The van der Waals surface area contributed by atoms with Gasteiger partial charge in [-0.2, -0.15) is 0 Å². The number of anilines is 1. The fourth-order valence-corrected chi connectivity index (χ4v) is 3.80. The van der Waals surface area contributed by atoms with E-state index in [0.29, 0.717) is 30.5 Å². The van der Waals surface area contributed by atoms with Gasteiger partial charge in [0.2, 0.25) is 0 Å². The van der Waals surface area contributed by atoms with Gasteiger partial charge < -0.3 is 15.0 Å². The molecule has 178 valence electrons. The summed E-state index contributed by atoms with van der Waals surface area (Å²) in [6, 6.07) is 16.7. The Bertz CT molecular complexity index is 1120. The molecule has 2 aromatic carbocycles. The van der Waals surface area contributed by atoms with Gasteiger partial charge in [-0.3, -0.25) is 14.7 Å². The van der Waals surface area contributed by atoms with Crippen LogP contribution in [0, 0.1) is 0 Å². The van der Waals surface area contributed by atoms with Gasteiger partial charge in [-0.25, -0.2) is 0 Å². The number of carbonyl (C=O) groups is 1. The maximum Gasteiger partial charge on any atom is 0.573 e. The average molecular weight is 491 g/mol. The summed E-state index contributed by atoms with van der Waals surface area (Å²) < 4.78 is 40.9. The van der Waals surface area contributed by atoms with Crippen molar-refractivity contribution in [1.29, 1.82) is 0 Å². The molecule has 34 heavy (non-hydrogen) atoms. The number of amides is 1. The third kappa shape index (κ3) is 6.61. The number of ether oxygens (including phenoxy) is 1. The number of aromatic nitrogens is 1. The van der Waals surface area contributed by atoms with Crippen LogP contribution in [0.4, 0.5) is 18.9 Å². The highest BCUT2D eigenvalue weighted by Crippen LogP contribution is 2.26. The molecule has 0 aliphatic carbocycles. The number of alkyl halides is 3. The molecule has 3 aromatic rings. The Kier molecular flexibility index (Phi) is 7.23. The van der Waals surface area contributed by atoms with E-state index in [1.807, 2.05) is 18.2 Å². The summed E-state index contributed by atoms with van der Waals surface area (Å²) in [5.74, 6) is -0.507. The quantitative estimate of drug-likeness (QED) is 0.513. The van der Waals surface area contributed by atoms with Crippen molar-refractivity contribution in [2.24, 2.45) is 0 Å². The highest BCUT2D eigenvalue weighted by Gasteiger charge is 2.31. The van der Waals surface area contributed by atoms with Gasteiger partial charge in [0.15, 0.2) is 0 Å². The lowest BCUT2D eigenvalue weighted by atomic mass is 10.2. The van der Waals surface area contributed by atoms with E-state index in [1.54, 1.807) is 36.5 Å². The summed E-state index contributed by atoms with van der Waals surface area (Å²) in [5, 5.41) is 3.49. The fraction of sp³-hybridized carbons (Fsp3) is 0.250. The molecule has 1 amide bonds. The maximum absolute atomic E-state index is 12.5. The number of benzene rings is 2. The highest BCUT2D eigenvalue weighted by atomic mass is 35.5. The first-order chi connectivity index (χ1) is 16.2. The van der Waals surface area contributed by atoms with E-state index >= 15 is 0 Å². The number of halogens is 4. The highest BCUT2D eigenvalue weighted by molar-refractivity contribution is 6.30. The number of pyridine rings is 1. The summed E-state index contributed by atoms with van der Waals surface area (Å²) >= 11 is 5.88. The van der Waals surface area contributed by atoms with Crippen LogP contribution in [0.15, 0.2) is 66.9 Å². The zero-order chi connectivity index (χ0) is 24.1. The van der Waals surface area contributed by atoms with E-state index in [4.69, 9.17) is 11.6 Å². The van der Waals surface area contributed by atoms with Gasteiger partial charge in [0.25, 0.3) is 5.91 Å². The molecule has 0 saturated carbocycles. The third-order valence-electron chi connectivity index (χ3n) is 5.32. The van der Waals surface area contributed by atoms with Gasteiger partial charge in [0.05, 0.1) is 6.67 Å². The van der Waals surface area contributed by atoms with Crippen molar-refractivity contribution < 1.29 is 22.7 Å². The van der Waals surface area contributed by atoms with E-state index < -0.39 is 6.36 Å². The van der Waals surface area contributed by atoms with Gasteiger partial charge in [0.1, 0.15) is 11.4 Å². The molecule has 1 N–H and O–H groups in total. The molecule has 0 spiro atoms. The molecule has 0 bridgehead atoms. The fourth-order valence-electron chi connectivity index (χ4n) is 3.67. The molecular formula is C24H22ClF3N4O2. The largest absolute Gasteiger partial charge is 0.573 e. The van der Waals surface area contributed by atoms with E-state index in [1.165, 1.54) is 12.1 Å². The van der Waals surface area contributed by atoms with Gasteiger partial charge in [0, 0.05) is 43.1 Å². The topological polar surface area (TPSA) is 57.7 Å². The zero-order valence-corrected chi connectivity index (χ0v) is 18.8. The Morgan fingerprint density at radius 3 is 2.47 bits per heavy atom. The lowest BCUT2D eigenvalue weighted by molar-refractivity contribution is -0.274. The molecule has 1 aliphatic heterocycles. The van der Waals surface area contributed by atoms with Gasteiger partial charge in [-0.15, -0.1) is 13.2 Å². The number of rotatable bonds is 7. The molecule has 1 aromatic heterocycles. The maximum atomic E-state index is 12.5. The van der Waals surface area contributed by atoms with Crippen molar-refractivity contribution in [3.63, 3.8) is 0 Å². The minimum atomic E-state index is -4.71. The SMILES string of the molecule is O=C(NCc1ccc(Cl)cc1)c1cc(CN2CCN(c3ccc(OC(F)(F)F)cc3)C2)ccn1. The number of hydrogen-bond acceptors (Lipinski definition) is 5. The summed E-state index contributed by atoms with van der Waals surface area (Å²) in [4.78, 5) is 21.0. The second kappa shape index (κ2) is 10.3. The number of hydrogen-bond donors (Lipinski definition) is 1. The number of carbonyl (C=O) groups excluding carboxylic acids is 1. The lowest BCUT2D eigenvalue weighted by Crippen LogP contribution is -2.26. The Hall–Kier alpha value is -3.30. The van der Waals surface area contributed by atoms with Crippen molar-refractivity contribution in [2.75, 3.05) is 24.7 Å². The van der Waals surface area contributed by atoms with Crippen molar-refractivity contribution in [3.8, 4) is 5.75 Å². The molecule has 0 atom stereocenters. The van der Waals surface area contributed by atoms with Gasteiger partial charge in [-0.1, -0.05) is 23.7 Å². The van der Waals surface area contributed by atoms with Crippen molar-refractivity contribution in [1.82, 2.24) is 15.2 Å². The third-order valence-corrected chi connectivity index (χ3v) is 5.57. The smallest absolute Gasteiger partial charge is 0.406 e. The van der Waals surface area contributed by atoms with Crippen LogP contribution >= 0.6 is 11.6 Å². The van der Waals surface area contributed by atoms with Crippen LogP contribution < -0.4 is 15.0 Å². The summed E-state index contributed by atoms with van der Waals surface area (Å²) in [5.41, 5.74) is 3.03. The number of nitrogens with zero attached hydrogens (tertiary/aromatic N) is 3. The normalized spacial score (nSPS) is 14.3. The molecule has 6 nitrogen and oxygen atoms in total. The Morgan fingerprint density at radius 1 is 1.03 bits per heavy atom. The molecule has 1 saturated heterocycles. The Labute approximate surface area is 199 Å². The van der Waals surface area contributed by atoms with E-state index in [2.05, 4.69) is 24.8 Å². The van der Waals surface area contributed by atoms with Crippen LogP contribution in [0.5, 0.6) is 5.75 Å². The van der Waals surface area contributed by atoms with Crippen molar-refractivity contribution in [2.45, 2.75) is 19.5 Å². The van der Waals surface area contributed by atoms with Crippen LogP contribution in [0.1, 0.15) is 21.6 Å². The summed E-state index contributed by atoms with van der Waals surface area (Å²) in [6.07, 6.45) is -3.10. The van der Waals surface area contributed by atoms with Crippen LogP contribution in [0.2, 0.25) is 5.02 Å². The summed E-state index contributed by atoms with van der Waals surface area (Å²) in [7, 11) is 0.